The number of hydrogen-bond donors (Lipinski definition) is 3. The van der Waals surface area contributed by atoms with E-state index in [2.05, 4.69) is 20.5 Å². The van der Waals surface area contributed by atoms with Crippen molar-refractivity contribution in [2.45, 2.75) is 6.92 Å². The number of amides is 1. The summed E-state index contributed by atoms with van der Waals surface area (Å²) in [6.45, 7) is 1.94. The van der Waals surface area contributed by atoms with Gasteiger partial charge in [0.2, 0.25) is 5.88 Å². The Morgan fingerprint density at radius 3 is 2.72 bits per heavy atom. The number of benzene rings is 2. The molecule has 7 heteroatoms. The summed E-state index contributed by atoms with van der Waals surface area (Å²) in [5.74, 6) is 0.180. The maximum Gasteiger partial charge on any atom is 0.283 e. The molecule has 7 nitrogen and oxygen atoms in total. The first kappa shape index (κ1) is 16.5. The molecule has 0 fully saturated rings. The highest BCUT2D eigenvalue weighted by atomic mass is 16.5. The quantitative estimate of drug-likeness (QED) is 0.614. The lowest BCUT2D eigenvalue weighted by Gasteiger charge is -2.04. The van der Waals surface area contributed by atoms with Crippen molar-refractivity contribution in [2.75, 3.05) is 19.0 Å². The number of nitrogens with one attached hydrogen (secondary N) is 2. The number of carbonyl (C=O) groups is 1. The molecule has 0 aliphatic carbocycles. The summed E-state index contributed by atoms with van der Waals surface area (Å²) in [4.78, 5) is 14.7. The van der Waals surface area contributed by atoms with Gasteiger partial charge in [-0.15, -0.1) is 10.2 Å². The number of aromatic nitrogens is 1. The summed E-state index contributed by atoms with van der Waals surface area (Å²) in [6.07, 6.45) is 0. The molecule has 1 aromatic heterocycles. The van der Waals surface area contributed by atoms with E-state index in [0.717, 1.165) is 27.9 Å². The van der Waals surface area contributed by atoms with E-state index in [9.17, 15) is 9.90 Å². The second-order valence-electron chi connectivity index (χ2n) is 5.55. The second-order valence-corrected chi connectivity index (χ2v) is 5.55. The van der Waals surface area contributed by atoms with E-state index in [-0.39, 0.29) is 18.1 Å². The Hall–Kier alpha value is -3.35. The Bertz CT molecular complexity index is 929. The monoisotopic (exact) mass is 338 g/mol. The van der Waals surface area contributed by atoms with Gasteiger partial charge in [-0.25, -0.2) is 0 Å². The number of methoxy groups -OCH3 is 1. The average molecular weight is 338 g/mol. The number of azo groups is 1. The molecule has 0 aliphatic rings. The molecule has 0 saturated heterocycles. The summed E-state index contributed by atoms with van der Waals surface area (Å²) in [5, 5.41) is 21.2. The molecule has 1 heterocycles. The summed E-state index contributed by atoms with van der Waals surface area (Å²) >= 11 is 0. The van der Waals surface area contributed by atoms with Crippen LogP contribution in [0.4, 0.5) is 11.4 Å². The number of rotatable bonds is 5. The van der Waals surface area contributed by atoms with Crippen molar-refractivity contribution in [2.24, 2.45) is 10.2 Å². The minimum Gasteiger partial charge on any atom is -0.497 e. The van der Waals surface area contributed by atoms with Gasteiger partial charge in [0.25, 0.3) is 5.91 Å². The van der Waals surface area contributed by atoms with E-state index in [1.807, 2.05) is 25.1 Å². The van der Waals surface area contributed by atoms with Gasteiger partial charge in [0.15, 0.2) is 5.69 Å². The Morgan fingerprint density at radius 1 is 1.24 bits per heavy atom. The van der Waals surface area contributed by atoms with Crippen molar-refractivity contribution in [3.05, 3.63) is 48.0 Å². The lowest BCUT2D eigenvalue weighted by Crippen LogP contribution is -2.10. The number of ether oxygens (including phenoxy) is 1. The molecular weight excluding hydrogens is 320 g/mol. The molecular formula is C18H18N4O3. The summed E-state index contributed by atoms with van der Waals surface area (Å²) in [5.41, 5.74) is 2.79. The van der Waals surface area contributed by atoms with E-state index >= 15 is 0 Å². The van der Waals surface area contributed by atoms with Crippen LogP contribution in [-0.4, -0.2) is 29.7 Å². The van der Waals surface area contributed by atoms with Crippen molar-refractivity contribution in [3.8, 4) is 11.6 Å². The normalized spacial score (nSPS) is 11.1. The summed E-state index contributed by atoms with van der Waals surface area (Å²) in [7, 11) is 1.59. The SMILES string of the molecule is COc1ccc(NCC(=O)N=Nc2c(O)[nH]c3ccc(C)cc23)cc1. The highest BCUT2D eigenvalue weighted by molar-refractivity contribution is 5.95. The van der Waals surface area contributed by atoms with Gasteiger partial charge in [0.05, 0.1) is 19.2 Å². The largest absolute Gasteiger partial charge is 0.497 e. The standard InChI is InChI=1S/C18H18N4O3/c1-11-3-8-15-14(9-11)17(18(24)20-15)22-21-16(23)10-19-12-4-6-13(25-2)7-5-12/h3-9,19-20,24H,10H2,1-2H3. The third-order valence-corrected chi connectivity index (χ3v) is 3.70. The minimum atomic E-state index is -0.447. The van der Waals surface area contributed by atoms with Crippen LogP contribution in [0.25, 0.3) is 10.9 Å². The molecule has 128 valence electrons. The van der Waals surface area contributed by atoms with Gasteiger partial charge < -0.3 is 20.1 Å². The predicted octanol–water partition coefficient (Wildman–Crippen LogP) is 3.91. The van der Waals surface area contributed by atoms with E-state index in [0.29, 0.717) is 0 Å². The topological polar surface area (TPSA) is 99.1 Å². The fourth-order valence-corrected chi connectivity index (χ4v) is 2.41. The van der Waals surface area contributed by atoms with Gasteiger partial charge in [-0.1, -0.05) is 11.6 Å². The maximum absolute atomic E-state index is 11.9. The van der Waals surface area contributed by atoms with Crippen LogP contribution in [0.3, 0.4) is 0 Å². The highest BCUT2D eigenvalue weighted by Gasteiger charge is 2.11. The van der Waals surface area contributed by atoms with Crippen LogP contribution < -0.4 is 10.1 Å². The number of H-pyrrole nitrogens is 1. The molecule has 0 unspecified atom stereocenters. The van der Waals surface area contributed by atoms with Crippen LogP contribution in [0.15, 0.2) is 52.7 Å². The molecule has 0 spiro atoms. The molecule has 0 aliphatic heterocycles. The van der Waals surface area contributed by atoms with Crippen molar-refractivity contribution in [3.63, 3.8) is 0 Å². The first-order valence-corrected chi connectivity index (χ1v) is 7.70. The van der Waals surface area contributed by atoms with Crippen LogP contribution in [0.2, 0.25) is 0 Å². The molecule has 0 saturated carbocycles. The molecule has 2 aromatic carbocycles. The number of nitrogens with zero attached hydrogens (tertiary/aromatic N) is 2. The number of fused-ring (bicyclic) bond motifs is 1. The first-order chi connectivity index (χ1) is 12.1. The molecule has 25 heavy (non-hydrogen) atoms. The molecule has 3 rings (SSSR count). The fraction of sp³-hybridized carbons (Fsp3) is 0.167. The zero-order valence-corrected chi connectivity index (χ0v) is 13.9. The van der Waals surface area contributed by atoms with Crippen LogP contribution >= 0.6 is 0 Å². The lowest BCUT2D eigenvalue weighted by molar-refractivity contribution is -0.116. The van der Waals surface area contributed by atoms with Crippen LogP contribution in [0.5, 0.6) is 11.6 Å². The molecule has 0 bridgehead atoms. The number of anilines is 1. The zero-order chi connectivity index (χ0) is 17.8. The molecule has 0 atom stereocenters. The van der Waals surface area contributed by atoms with Gasteiger partial charge in [-0.3, -0.25) is 4.79 Å². The van der Waals surface area contributed by atoms with Crippen molar-refractivity contribution in [1.29, 1.82) is 0 Å². The summed E-state index contributed by atoms with van der Waals surface area (Å²) < 4.78 is 5.07. The lowest BCUT2D eigenvalue weighted by atomic mass is 10.2. The second kappa shape index (κ2) is 7.04. The fourth-order valence-electron chi connectivity index (χ4n) is 2.41. The average Bonchev–Trinajstić information content (AvgIpc) is 2.93. The number of hydrogen-bond acceptors (Lipinski definition) is 5. The third-order valence-electron chi connectivity index (χ3n) is 3.70. The van der Waals surface area contributed by atoms with Crippen LogP contribution in [-0.2, 0) is 4.79 Å². The third kappa shape index (κ3) is 3.77. The van der Waals surface area contributed by atoms with E-state index in [1.54, 1.807) is 31.4 Å². The number of aryl methyl sites for hydroxylation is 1. The smallest absolute Gasteiger partial charge is 0.283 e. The Kier molecular flexibility index (Phi) is 4.65. The molecule has 0 radical (unpaired) electrons. The van der Waals surface area contributed by atoms with Crippen molar-refractivity contribution >= 4 is 28.2 Å². The van der Waals surface area contributed by atoms with Gasteiger partial charge in [0, 0.05) is 11.1 Å². The van der Waals surface area contributed by atoms with E-state index in [4.69, 9.17) is 4.74 Å². The van der Waals surface area contributed by atoms with Gasteiger partial charge in [0.1, 0.15) is 5.75 Å². The minimum absolute atomic E-state index is 0.00201. The Morgan fingerprint density at radius 2 is 2.00 bits per heavy atom. The molecule has 3 N–H and O–H groups in total. The van der Waals surface area contributed by atoms with E-state index in [1.165, 1.54) is 0 Å². The van der Waals surface area contributed by atoms with Gasteiger partial charge in [-0.05, 0) is 43.3 Å². The number of carbonyl (C=O) groups excluding carboxylic acids is 1. The van der Waals surface area contributed by atoms with Crippen LogP contribution in [0, 0.1) is 6.92 Å². The van der Waals surface area contributed by atoms with Gasteiger partial charge >= 0.3 is 0 Å². The summed E-state index contributed by atoms with van der Waals surface area (Å²) in [6, 6.07) is 12.8. The molecule has 1 amide bonds. The predicted molar refractivity (Wildman–Crippen MR) is 95.7 cm³/mol. The number of aromatic hydroxyl groups is 1. The van der Waals surface area contributed by atoms with Crippen molar-refractivity contribution in [1.82, 2.24) is 4.98 Å². The Balaban J connectivity index is 1.68. The van der Waals surface area contributed by atoms with E-state index < -0.39 is 5.91 Å². The van der Waals surface area contributed by atoms with Gasteiger partial charge in [-0.2, -0.15) is 0 Å². The van der Waals surface area contributed by atoms with Crippen molar-refractivity contribution < 1.29 is 14.6 Å². The first-order valence-electron chi connectivity index (χ1n) is 7.70. The molecule has 3 aromatic rings. The Labute approximate surface area is 144 Å². The number of aromatic amines is 1. The highest BCUT2D eigenvalue weighted by Crippen LogP contribution is 2.35. The maximum atomic E-state index is 11.9. The zero-order valence-electron chi connectivity index (χ0n) is 13.9. The van der Waals surface area contributed by atoms with Crippen LogP contribution in [0.1, 0.15) is 5.56 Å².